The SMILES string of the molecule is OB(Oc1ccc2cc(O)ccc2c1)Oc1ccc2cc(O)ccc2c1. The number of benzene rings is 4. The summed E-state index contributed by atoms with van der Waals surface area (Å²) in [7, 11) is -1.47. The van der Waals surface area contributed by atoms with Crippen molar-refractivity contribution in [2.24, 2.45) is 0 Å². The minimum atomic E-state index is -1.47. The molecule has 0 aliphatic carbocycles. The van der Waals surface area contributed by atoms with Crippen molar-refractivity contribution in [2.45, 2.75) is 0 Å². The predicted molar refractivity (Wildman–Crippen MR) is 100 cm³/mol. The van der Waals surface area contributed by atoms with E-state index in [9.17, 15) is 15.2 Å². The van der Waals surface area contributed by atoms with Crippen molar-refractivity contribution in [3.05, 3.63) is 72.8 Å². The van der Waals surface area contributed by atoms with Gasteiger partial charge in [0.2, 0.25) is 0 Å². The van der Waals surface area contributed by atoms with Gasteiger partial charge in [-0.05, 0) is 70.1 Å². The summed E-state index contributed by atoms with van der Waals surface area (Å²) in [5, 5.41) is 32.5. The number of phenols is 2. The Hall–Kier alpha value is -3.38. The van der Waals surface area contributed by atoms with Crippen LogP contribution in [-0.4, -0.2) is 22.6 Å². The van der Waals surface area contributed by atoms with Crippen LogP contribution in [0.15, 0.2) is 72.8 Å². The first kappa shape index (κ1) is 16.1. The standard InChI is InChI=1S/C20H15BO5/c22-17-5-1-15-11-19(7-3-13(15)9-17)25-21(24)26-20-8-4-14-10-18(23)6-2-16(14)12-20/h1-12,22-24H. The Bertz CT molecular complexity index is 1010. The van der Waals surface area contributed by atoms with E-state index in [4.69, 9.17) is 9.31 Å². The van der Waals surface area contributed by atoms with E-state index in [-0.39, 0.29) is 11.5 Å². The zero-order valence-corrected chi connectivity index (χ0v) is 13.7. The number of fused-ring (bicyclic) bond motifs is 2. The first-order valence-electron chi connectivity index (χ1n) is 8.04. The van der Waals surface area contributed by atoms with Crippen LogP contribution in [0.2, 0.25) is 0 Å². The monoisotopic (exact) mass is 346 g/mol. The van der Waals surface area contributed by atoms with Gasteiger partial charge < -0.3 is 24.5 Å². The molecular weight excluding hydrogens is 331 g/mol. The van der Waals surface area contributed by atoms with Gasteiger partial charge in [0.15, 0.2) is 0 Å². The number of rotatable bonds is 4. The molecule has 0 aliphatic rings. The zero-order valence-electron chi connectivity index (χ0n) is 13.7. The van der Waals surface area contributed by atoms with Crippen molar-refractivity contribution in [3.63, 3.8) is 0 Å². The topological polar surface area (TPSA) is 79.2 Å². The Balaban J connectivity index is 1.50. The molecule has 0 fully saturated rings. The molecule has 5 nitrogen and oxygen atoms in total. The second-order valence-electron chi connectivity index (χ2n) is 5.93. The van der Waals surface area contributed by atoms with Crippen molar-refractivity contribution in [1.82, 2.24) is 0 Å². The molecule has 4 rings (SSSR count). The molecule has 0 saturated heterocycles. The Kier molecular flexibility index (Phi) is 4.03. The van der Waals surface area contributed by atoms with Crippen LogP contribution in [0.4, 0.5) is 0 Å². The number of phenolic OH excluding ortho intramolecular Hbond substituents is 2. The van der Waals surface area contributed by atoms with E-state index in [1.807, 2.05) is 0 Å². The summed E-state index contributed by atoms with van der Waals surface area (Å²) in [6.45, 7) is 0. The third-order valence-corrected chi connectivity index (χ3v) is 4.06. The molecule has 3 N–H and O–H groups in total. The van der Waals surface area contributed by atoms with E-state index in [1.165, 1.54) is 0 Å². The van der Waals surface area contributed by atoms with Gasteiger partial charge in [-0.1, -0.05) is 24.3 Å². The molecule has 0 saturated carbocycles. The number of aromatic hydroxyl groups is 2. The minimum Gasteiger partial charge on any atom is -0.508 e. The van der Waals surface area contributed by atoms with Gasteiger partial charge in [0, 0.05) is 0 Å². The van der Waals surface area contributed by atoms with E-state index in [0.717, 1.165) is 21.5 Å². The molecular formula is C20H15BO5. The maximum absolute atomic E-state index is 10.1. The Labute approximate surface area is 149 Å². The summed E-state index contributed by atoms with van der Waals surface area (Å²) in [4.78, 5) is 0. The van der Waals surface area contributed by atoms with Crippen molar-refractivity contribution in [1.29, 1.82) is 0 Å². The van der Waals surface area contributed by atoms with Crippen LogP contribution >= 0.6 is 0 Å². The molecule has 0 amide bonds. The van der Waals surface area contributed by atoms with Gasteiger partial charge >= 0.3 is 7.32 Å². The van der Waals surface area contributed by atoms with E-state index >= 15 is 0 Å². The molecule has 0 radical (unpaired) electrons. The highest BCUT2D eigenvalue weighted by Crippen LogP contribution is 2.26. The van der Waals surface area contributed by atoms with E-state index < -0.39 is 7.32 Å². The fourth-order valence-electron chi connectivity index (χ4n) is 2.83. The highest BCUT2D eigenvalue weighted by Gasteiger charge is 2.21. The highest BCUT2D eigenvalue weighted by molar-refractivity contribution is 6.36. The second-order valence-corrected chi connectivity index (χ2v) is 5.93. The van der Waals surface area contributed by atoms with Crippen molar-refractivity contribution in [2.75, 3.05) is 0 Å². The van der Waals surface area contributed by atoms with E-state index in [2.05, 4.69) is 0 Å². The molecule has 0 aromatic heterocycles. The van der Waals surface area contributed by atoms with Crippen molar-refractivity contribution < 1.29 is 24.5 Å². The molecule has 0 unspecified atom stereocenters. The number of hydrogen-bond acceptors (Lipinski definition) is 5. The highest BCUT2D eigenvalue weighted by atomic mass is 16.7. The Morgan fingerprint density at radius 3 is 1.38 bits per heavy atom. The average molecular weight is 346 g/mol. The van der Waals surface area contributed by atoms with Crippen LogP contribution < -0.4 is 9.31 Å². The molecule has 0 heterocycles. The molecule has 4 aromatic rings. The number of hydrogen-bond donors (Lipinski definition) is 3. The maximum Gasteiger partial charge on any atom is 0.785 e. The van der Waals surface area contributed by atoms with Crippen LogP contribution in [0.1, 0.15) is 0 Å². The summed E-state index contributed by atoms with van der Waals surface area (Å²) >= 11 is 0. The molecule has 6 heteroatoms. The van der Waals surface area contributed by atoms with Crippen LogP contribution in [0.5, 0.6) is 23.0 Å². The maximum atomic E-state index is 10.1. The molecule has 0 spiro atoms. The lowest BCUT2D eigenvalue weighted by molar-refractivity contribution is 0.298. The fraction of sp³-hybridized carbons (Fsp3) is 0. The van der Waals surface area contributed by atoms with Crippen LogP contribution in [0.25, 0.3) is 21.5 Å². The van der Waals surface area contributed by atoms with Gasteiger partial charge in [0.25, 0.3) is 0 Å². The van der Waals surface area contributed by atoms with Gasteiger partial charge in [0.1, 0.15) is 23.0 Å². The van der Waals surface area contributed by atoms with Crippen LogP contribution in [0, 0.1) is 0 Å². The predicted octanol–water partition coefficient (Wildman–Crippen LogP) is 3.84. The lowest BCUT2D eigenvalue weighted by atomic mass is 10.1. The average Bonchev–Trinajstić information content (AvgIpc) is 2.62. The van der Waals surface area contributed by atoms with Gasteiger partial charge in [-0.3, -0.25) is 0 Å². The molecule has 0 atom stereocenters. The third-order valence-electron chi connectivity index (χ3n) is 4.06. The summed E-state index contributed by atoms with van der Waals surface area (Å²) in [5.74, 6) is 1.28. The lowest BCUT2D eigenvalue weighted by Gasteiger charge is -2.12. The molecule has 26 heavy (non-hydrogen) atoms. The summed E-state index contributed by atoms with van der Waals surface area (Å²) in [5.41, 5.74) is 0. The lowest BCUT2D eigenvalue weighted by Crippen LogP contribution is -2.29. The zero-order chi connectivity index (χ0) is 18.1. The van der Waals surface area contributed by atoms with Gasteiger partial charge in [0.05, 0.1) is 0 Å². The van der Waals surface area contributed by atoms with Gasteiger partial charge in [-0.15, -0.1) is 0 Å². The van der Waals surface area contributed by atoms with Crippen LogP contribution in [-0.2, 0) is 0 Å². The fourth-order valence-corrected chi connectivity index (χ4v) is 2.83. The molecule has 4 aromatic carbocycles. The van der Waals surface area contributed by atoms with E-state index in [1.54, 1.807) is 72.8 Å². The normalized spacial score (nSPS) is 10.8. The Morgan fingerprint density at radius 1 is 0.538 bits per heavy atom. The smallest absolute Gasteiger partial charge is 0.508 e. The first-order valence-corrected chi connectivity index (χ1v) is 8.04. The molecule has 0 aliphatic heterocycles. The van der Waals surface area contributed by atoms with Gasteiger partial charge in [-0.25, -0.2) is 0 Å². The summed E-state index contributed by atoms with van der Waals surface area (Å²) in [6.07, 6.45) is 0. The summed E-state index contributed by atoms with van der Waals surface area (Å²) in [6, 6.07) is 20.5. The second kappa shape index (κ2) is 6.50. The quantitative estimate of drug-likeness (QED) is 0.490. The third kappa shape index (κ3) is 3.36. The molecule has 128 valence electrons. The van der Waals surface area contributed by atoms with Crippen molar-refractivity contribution >= 4 is 28.9 Å². The first-order chi connectivity index (χ1) is 12.6. The molecule has 0 bridgehead atoms. The van der Waals surface area contributed by atoms with Crippen molar-refractivity contribution in [3.8, 4) is 23.0 Å². The summed E-state index contributed by atoms with van der Waals surface area (Å²) < 4.78 is 10.8. The van der Waals surface area contributed by atoms with E-state index in [0.29, 0.717) is 11.5 Å². The largest absolute Gasteiger partial charge is 0.785 e. The minimum absolute atomic E-state index is 0.194. The van der Waals surface area contributed by atoms with Crippen LogP contribution in [0.3, 0.4) is 0 Å². The van der Waals surface area contributed by atoms with Gasteiger partial charge in [-0.2, -0.15) is 0 Å². The Morgan fingerprint density at radius 2 is 0.923 bits per heavy atom.